The van der Waals surface area contributed by atoms with E-state index in [9.17, 15) is 9.59 Å². The summed E-state index contributed by atoms with van der Waals surface area (Å²) in [6.07, 6.45) is -0.137. The zero-order valence-corrected chi connectivity index (χ0v) is 11.7. The van der Waals surface area contributed by atoms with E-state index in [2.05, 4.69) is 11.4 Å². The minimum Gasteiger partial charge on any atom is -0.479 e. The molecule has 0 bridgehead atoms. The maximum Gasteiger partial charge on any atom is 0.334 e. The van der Waals surface area contributed by atoms with Gasteiger partial charge >= 0.3 is 5.97 Å². The molecule has 1 heterocycles. The molecule has 3 unspecified atom stereocenters. The Morgan fingerprint density at radius 3 is 2.89 bits per heavy atom. The van der Waals surface area contributed by atoms with Gasteiger partial charge in [0.15, 0.2) is 6.10 Å². The number of rotatable bonds is 6. The number of thiophene rings is 1. The van der Waals surface area contributed by atoms with E-state index < -0.39 is 12.1 Å². The summed E-state index contributed by atoms with van der Waals surface area (Å²) >= 11 is 1.68. The van der Waals surface area contributed by atoms with E-state index in [4.69, 9.17) is 9.84 Å². The van der Waals surface area contributed by atoms with Gasteiger partial charge in [-0.25, -0.2) is 4.79 Å². The molecule has 19 heavy (non-hydrogen) atoms. The number of aryl methyl sites for hydroxylation is 1. The Kier molecular flexibility index (Phi) is 4.21. The summed E-state index contributed by atoms with van der Waals surface area (Å²) in [5.41, 5.74) is 1.23. The number of amides is 1. The first-order valence-electron chi connectivity index (χ1n) is 6.12. The highest BCUT2D eigenvalue weighted by Crippen LogP contribution is 2.50. The number of methoxy groups -OCH3 is 1. The topological polar surface area (TPSA) is 75.6 Å². The molecule has 6 heteroatoms. The van der Waals surface area contributed by atoms with Gasteiger partial charge in [0.25, 0.3) is 0 Å². The fourth-order valence-electron chi connectivity index (χ4n) is 2.13. The van der Waals surface area contributed by atoms with Crippen LogP contribution in [0, 0.1) is 12.8 Å². The van der Waals surface area contributed by atoms with Crippen molar-refractivity contribution in [1.29, 1.82) is 0 Å². The second-order valence-electron chi connectivity index (χ2n) is 4.72. The van der Waals surface area contributed by atoms with E-state index in [0.29, 0.717) is 5.92 Å². The van der Waals surface area contributed by atoms with E-state index in [1.165, 1.54) is 17.6 Å². The summed E-state index contributed by atoms with van der Waals surface area (Å²) in [4.78, 5) is 23.9. The van der Waals surface area contributed by atoms with Gasteiger partial charge in [0, 0.05) is 23.8 Å². The Balaban J connectivity index is 1.83. The third-order valence-electron chi connectivity index (χ3n) is 3.39. The molecule has 2 N–H and O–H groups in total. The number of hydrogen-bond acceptors (Lipinski definition) is 4. The number of nitrogens with one attached hydrogen (secondary N) is 1. The zero-order chi connectivity index (χ0) is 14.0. The standard InChI is InChI=1S/C13H17NO4S/c1-7-3-4-19-11(7)8-5-9(8)12(15)14-6-10(18-2)13(16)17/h3-4,8-10H,5-6H2,1-2H3,(H,14,15)(H,16,17). The molecule has 1 aliphatic rings. The first-order valence-corrected chi connectivity index (χ1v) is 6.99. The highest BCUT2D eigenvalue weighted by atomic mass is 32.1. The van der Waals surface area contributed by atoms with Gasteiger partial charge in [-0.2, -0.15) is 0 Å². The quantitative estimate of drug-likeness (QED) is 0.827. The molecule has 2 rings (SSSR count). The number of carboxylic acids is 1. The predicted molar refractivity (Wildman–Crippen MR) is 71.3 cm³/mol. The van der Waals surface area contributed by atoms with Crippen LogP contribution in [-0.4, -0.2) is 36.7 Å². The van der Waals surface area contributed by atoms with Crippen molar-refractivity contribution in [3.8, 4) is 0 Å². The van der Waals surface area contributed by atoms with Crippen LogP contribution in [0.4, 0.5) is 0 Å². The largest absolute Gasteiger partial charge is 0.479 e. The molecule has 0 aliphatic heterocycles. The van der Waals surface area contributed by atoms with Crippen molar-refractivity contribution in [3.05, 3.63) is 21.9 Å². The van der Waals surface area contributed by atoms with Crippen LogP contribution >= 0.6 is 11.3 Å². The number of carbonyl (C=O) groups excluding carboxylic acids is 1. The number of hydrogen-bond donors (Lipinski definition) is 2. The molecular formula is C13H17NO4S. The minimum absolute atomic E-state index is 0.0112. The molecule has 0 radical (unpaired) electrons. The second kappa shape index (κ2) is 5.71. The van der Waals surface area contributed by atoms with Crippen LogP contribution in [0.25, 0.3) is 0 Å². The van der Waals surface area contributed by atoms with Gasteiger partial charge in [-0.15, -0.1) is 11.3 Å². The number of carboxylic acid groups (broad SMARTS) is 1. The van der Waals surface area contributed by atoms with Gasteiger partial charge in [-0.1, -0.05) is 0 Å². The van der Waals surface area contributed by atoms with E-state index in [1.807, 2.05) is 12.3 Å². The predicted octanol–water partition coefficient (Wildman–Crippen LogP) is 1.38. The van der Waals surface area contributed by atoms with E-state index >= 15 is 0 Å². The first-order chi connectivity index (χ1) is 9.04. The molecule has 1 fully saturated rings. The van der Waals surface area contributed by atoms with Crippen LogP contribution in [0.3, 0.4) is 0 Å². The first kappa shape index (κ1) is 14.0. The van der Waals surface area contributed by atoms with E-state index in [1.54, 1.807) is 11.3 Å². The third-order valence-corrected chi connectivity index (χ3v) is 4.54. The maximum atomic E-state index is 11.9. The lowest BCUT2D eigenvalue weighted by Gasteiger charge is -2.11. The average molecular weight is 283 g/mol. The summed E-state index contributed by atoms with van der Waals surface area (Å²) in [5.74, 6) is -0.875. The number of carbonyl (C=O) groups is 2. The van der Waals surface area contributed by atoms with Crippen molar-refractivity contribution in [1.82, 2.24) is 5.32 Å². The summed E-state index contributed by atoms with van der Waals surface area (Å²) in [7, 11) is 1.32. The normalized spacial score (nSPS) is 22.8. The lowest BCUT2D eigenvalue weighted by atomic mass is 10.2. The van der Waals surface area contributed by atoms with Gasteiger partial charge in [0.05, 0.1) is 6.54 Å². The van der Waals surface area contributed by atoms with Gasteiger partial charge in [-0.05, 0) is 30.4 Å². The molecule has 0 aromatic carbocycles. The Hall–Kier alpha value is -1.40. The molecular weight excluding hydrogens is 266 g/mol. The van der Waals surface area contributed by atoms with Crippen molar-refractivity contribution in [2.75, 3.05) is 13.7 Å². The van der Waals surface area contributed by atoms with Gasteiger partial charge in [0.1, 0.15) is 0 Å². The Morgan fingerprint density at radius 2 is 2.37 bits per heavy atom. The molecule has 1 amide bonds. The molecule has 0 saturated heterocycles. The Morgan fingerprint density at radius 1 is 1.63 bits per heavy atom. The monoisotopic (exact) mass is 283 g/mol. The fraction of sp³-hybridized carbons (Fsp3) is 0.538. The third kappa shape index (κ3) is 3.13. The fourth-order valence-corrected chi connectivity index (χ4v) is 3.24. The maximum absolute atomic E-state index is 11.9. The van der Waals surface area contributed by atoms with Crippen LogP contribution < -0.4 is 5.32 Å². The van der Waals surface area contributed by atoms with Crippen molar-refractivity contribution in [3.63, 3.8) is 0 Å². The summed E-state index contributed by atoms with van der Waals surface area (Å²) in [6.45, 7) is 2.06. The van der Waals surface area contributed by atoms with Crippen molar-refractivity contribution < 1.29 is 19.4 Å². The molecule has 1 aromatic rings. The molecule has 104 valence electrons. The lowest BCUT2D eigenvalue weighted by Crippen LogP contribution is -2.38. The van der Waals surface area contributed by atoms with E-state index in [0.717, 1.165) is 6.42 Å². The molecule has 5 nitrogen and oxygen atoms in total. The van der Waals surface area contributed by atoms with Gasteiger partial charge in [-0.3, -0.25) is 4.79 Å². The molecule has 3 atom stereocenters. The summed E-state index contributed by atoms with van der Waals surface area (Å²) < 4.78 is 4.77. The highest BCUT2D eigenvalue weighted by Gasteiger charge is 2.45. The number of aliphatic carboxylic acids is 1. The molecule has 0 spiro atoms. The van der Waals surface area contributed by atoms with Crippen LogP contribution in [-0.2, 0) is 14.3 Å². The number of ether oxygens (including phenoxy) is 1. The van der Waals surface area contributed by atoms with Crippen molar-refractivity contribution >= 4 is 23.2 Å². The van der Waals surface area contributed by atoms with E-state index in [-0.39, 0.29) is 18.4 Å². The lowest BCUT2D eigenvalue weighted by molar-refractivity contribution is -0.148. The zero-order valence-electron chi connectivity index (χ0n) is 10.9. The molecule has 1 aliphatic carbocycles. The highest BCUT2D eigenvalue weighted by molar-refractivity contribution is 7.10. The Bertz CT molecular complexity index is 485. The van der Waals surface area contributed by atoms with Crippen molar-refractivity contribution in [2.45, 2.75) is 25.4 Å². The van der Waals surface area contributed by atoms with Gasteiger partial charge < -0.3 is 15.2 Å². The summed E-state index contributed by atoms with van der Waals surface area (Å²) in [5, 5.41) is 13.5. The average Bonchev–Trinajstić information content (AvgIpc) is 3.05. The minimum atomic E-state index is -1.07. The van der Waals surface area contributed by atoms with Crippen molar-refractivity contribution in [2.24, 2.45) is 5.92 Å². The smallest absolute Gasteiger partial charge is 0.334 e. The van der Waals surface area contributed by atoms with Crippen LogP contribution in [0.5, 0.6) is 0 Å². The van der Waals surface area contributed by atoms with Crippen LogP contribution in [0.15, 0.2) is 11.4 Å². The SMILES string of the molecule is COC(CNC(=O)C1CC1c1sccc1C)C(=O)O. The van der Waals surface area contributed by atoms with Crippen LogP contribution in [0.2, 0.25) is 0 Å². The Labute approximate surface area is 115 Å². The van der Waals surface area contributed by atoms with Crippen LogP contribution in [0.1, 0.15) is 22.8 Å². The van der Waals surface area contributed by atoms with Gasteiger partial charge in [0.2, 0.25) is 5.91 Å². The molecule has 1 aromatic heterocycles. The second-order valence-corrected chi connectivity index (χ2v) is 5.67. The summed E-state index contributed by atoms with van der Waals surface area (Å²) in [6, 6.07) is 2.05. The molecule has 1 saturated carbocycles.